The van der Waals surface area contributed by atoms with Crippen molar-refractivity contribution in [2.24, 2.45) is 0 Å². The maximum absolute atomic E-state index is 12.6. The van der Waals surface area contributed by atoms with Gasteiger partial charge in [-0.3, -0.25) is 9.69 Å². The SMILES string of the molecule is CCN(C(=O)O)C1CCN(c2ccc(C(=O)Nc3ccccc3N)cc2)[C@@H]1N(C)C. The molecule has 1 fully saturated rings. The standard InChI is InChI=1S/C22H29N5O3/c1-4-26(22(29)30)19-13-14-27(21(19)25(2)3)16-11-9-15(10-12-16)20(28)24-18-8-6-5-7-17(18)23/h5-12,19,21H,4,13-14,23H2,1-3H3,(H,24,28)(H,29,30)/t19?,21-/m0/s1. The largest absolute Gasteiger partial charge is 0.465 e. The number of nitrogen functional groups attached to an aromatic ring is 1. The number of para-hydroxylation sites is 2. The second-order valence-corrected chi connectivity index (χ2v) is 7.58. The second kappa shape index (κ2) is 9.04. The van der Waals surface area contributed by atoms with Crippen LogP contribution in [-0.2, 0) is 0 Å². The molecule has 0 aliphatic carbocycles. The zero-order chi connectivity index (χ0) is 21.8. The molecule has 0 aromatic heterocycles. The first-order valence-electron chi connectivity index (χ1n) is 10.0. The van der Waals surface area contributed by atoms with Gasteiger partial charge in [0.2, 0.25) is 0 Å². The van der Waals surface area contributed by atoms with Crippen molar-refractivity contribution in [3.63, 3.8) is 0 Å². The van der Waals surface area contributed by atoms with Crippen molar-refractivity contribution in [2.45, 2.75) is 25.6 Å². The van der Waals surface area contributed by atoms with Crippen LogP contribution >= 0.6 is 0 Å². The quantitative estimate of drug-likeness (QED) is 0.632. The van der Waals surface area contributed by atoms with Crippen LogP contribution in [0.1, 0.15) is 23.7 Å². The number of hydrogen-bond donors (Lipinski definition) is 3. The fourth-order valence-electron chi connectivity index (χ4n) is 4.10. The minimum Gasteiger partial charge on any atom is -0.465 e. The highest BCUT2D eigenvalue weighted by molar-refractivity contribution is 6.05. The number of hydrogen-bond acceptors (Lipinski definition) is 5. The molecule has 1 aliphatic rings. The highest BCUT2D eigenvalue weighted by Gasteiger charge is 2.40. The minimum atomic E-state index is -0.900. The molecule has 8 heteroatoms. The third-order valence-electron chi connectivity index (χ3n) is 5.52. The first-order chi connectivity index (χ1) is 14.3. The lowest BCUT2D eigenvalue weighted by atomic mass is 10.1. The highest BCUT2D eigenvalue weighted by Crippen LogP contribution is 2.30. The second-order valence-electron chi connectivity index (χ2n) is 7.58. The molecule has 0 spiro atoms. The molecule has 1 unspecified atom stereocenters. The molecule has 160 valence electrons. The Hall–Kier alpha value is -3.26. The summed E-state index contributed by atoms with van der Waals surface area (Å²) in [6.45, 7) is 3.04. The summed E-state index contributed by atoms with van der Waals surface area (Å²) < 4.78 is 0. The van der Waals surface area contributed by atoms with Crippen LogP contribution in [0.4, 0.5) is 21.9 Å². The van der Waals surface area contributed by atoms with Gasteiger partial charge in [-0.15, -0.1) is 0 Å². The molecule has 2 aromatic carbocycles. The van der Waals surface area contributed by atoms with Crippen LogP contribution in [0.15, 0.2) is 48.5 Å². The number of benzene rings is 2. The number of nitrogens with one attached hydrogen (secondary N) is 1. The summed E-state index contributed by atoms with van der Waals surface area (Å²) in [6.07, 6.45) is -0.230. The van der Waals surface area contributed by atoms with Gasteiger partial charge in [0.15, 0.2) is 0 Å². The maximum Gasteiger partial charge on any atom is 0.407 e. The average molecular weight is 412 g/mol. The van der Waals surface area contributed by atoms with E-state index < -0.39 is 6.09 Å². The molecule has 1 heterocycles. The van der Waals surface area contributed by atoms with Crippen LogP contribution in [0.3, 0.4) is 0 Å². The van der Waals surface area contributed by atoms with E-state index in [9.17, 15) is 14.7 Å². The summed E-state index contributed by atoms with van der Waals surface area (Å²) in [5.74, 6) is -0.231. The van der Waals surface area contributed by atoms with Gasteiger partial charge >= 0.3 is 6.09 Å². The molecule has 30 heavy (non-hydrogen) atoms. The summed E-state index contributed by atoms with van der Waals surface area (Å²) in [7, 11) is 3.91. The fourth-order valence-corrected chi connectivity index (χ4v) is 4.10. The number of carbonyl (C=O) groups excluding carboxylic acids is 1. The predicted octanol–water partition coefficient (Wildman–Crippen LogP) is 2.99. The van der Waals surface area contributed by atoms with Gasteiger partial charge in [0.1, 0.15) is 6.17 Å². The Kier molecular flexibility index (Phi) is 6.47. The van der Waals surface area contributed by atoms with Crippen LogP contribution in [0.5, 0.6) is 0 Å². The Balaban J connectivity index is 1.77. The lowest BCUT2D eigenvalue weighted by molar-refractivity contribution is 0.102. The molecule has 2 atom stereocenters. The van der Waals surface area contributed by atoms with Crippen molar-refractivity contribution < 1.29 is 14.7 Å². The van der Waals surface area contributed by atoms with Crippen molar-refractivity contribution in [3.8, 4) is 0 Å². The molecule has 3 rings (SSSR count). The smallest absolute Gasteiger partial charge is 0.407 e. The van der Waals surface area contributed by atoms with E-state index >= 15 is 0 Å². The van der Waals surface area contributed by atoms with E-state index in [0.29, 0.717) is 23.5 Å². The topological polar surface area (TPSA) is 102 Å². The van der Waals surface area contributed by atoms with Crippen molar-refractivity contribution in [2.75, 3.05) is 43.1 Å². The number of carboxylic acid groups (broad SMARTS) is 1. The fraction of sp³-hybridized carbons (Fsp3) is 0.364. The summed E-state index contributed by atoms with van der Waals surface area (Å²) in [4.78, 5) is 30.0. The summed E-state index contributed by atoms with van der Waals surface area (Å²) in [5.41, 5.74) is 8.47. The van der Waals surface area contributed by atoms with Crippen LogP contribution in [0.25, 0.3) is 0 Å². The normalized spacial score (nSPS) is 18.5. The van der Waals surface area contributed by atoms with Crippen molar-refractivity contribution in [1.82, 2.24) is 9.80 Å². The molecule has 1 aliphatic heterocycles. The van der Waals surface area contributed by atoms with E-state index in [-0.39, 0.29) is 18.1 Å². The Morgan fingerprint density at radius 2 is 1.83 bits per heavy atom. The van der Waals surface area contributed by atoms with Gasteiger partial charge in [-0.2, -0.15) is 0 Å². The summed E-state index contributed by atoms with van der Waals surface area (Å²) >= 11 is 0. The number of nitrogens with zero attached hydrogens (tertiary/aromatic N) is 3. The van der Waals surface area contributed by atoms with Crippen molar-refractivity contribution in [1.29, 1.82) is 0 Å². The zero-order valence-electron chi connectivity index (χ0n) is 17.6. The Morgan fingerprint density at radius 3 is 2.40 bits per heavy atom. The molecule has 0 bridgehead atoms. The van der Waals surface area contributed by atoms with Crippen LogP contribution in [0, 0.1) is 0 Å². The highest BCUT2D eigenvalue weighted by atomic mass is 16.4. The minimum absolute atomic E-state index is 0.0788. The van der Waals surface area contributed by atoms with Crippen molar-refractivity contribution in [3.05, 3.63) is 54.1 Å². The molecule has 1 saturated heterocycles. The average Bonchev–Trinajstić information content (AvgIpc) is 3.15. The van der Waals surface area contributed by atoms with Crippen molar-refractivity contribution >= 4 is 29.1 Å². The molecular weight excluding hydrogens is 382 g/mol. The van der Waals surface area contributed by atoms with Crippen LogP contribution in [-0.4, -0.2) is 66.3 Å². The lowest BCUT2D eigenvalue weighted by Gasteiger charge is -2.38. The molecule has 2 amide bonds. The van der Waals surface area contributed by atoms with E-state index in [2.05, 4.69) is 10.2 Å². The Morgan fingerprint density at radius 1 is 1.17 bits per heavy atom. The third-order valence-corrected chi connectivity index (χ3v) is 5.52. The van der Waals surface area contributed by atoms with Crippen LogP contribution in [0.2, 0.25) is 0 Å². The maximum atomic E-state index is 12.6. The number of amides is 2. The third kappa shape index (κ3) is 4.33. The van der Waals surface area contributed by atoms with Gasteiger partial charge in [-0.25, -0.2) is 4.79 Å². The molecule has 8 nitrogen and oxygen atoms in total. The number of carbonyl (C=O) groups is 2. The monoisotopic (exact) mass is 411 g/mol. The van der Waals surface area contributed by atoms with Gasteiger partial charge in [0.05, 0.1) is 17.4 Å². The van der Waals surface area contributed by atoms with E-state index in [0.717, 1.165) is 18.7 Å². The Bertz CT molecular complexity index is 900. The molecule has 0 saturated carbocycles. The van der Waals surface area contributed by atoms with Gasteiger partial charge < -0.3 is 26.0 Å². The number of nitrogens with two attached hydrogens (primary N) is 1. The molecule has 0 radical (unpaired) electrons. The number of anilines is 3. The number of likely N-dealkylation sites (N-methyl/N-ethyl adjacent to an activating group) is 2. The summed E-state index contributed by atoms with van der Waals surface area (Å²) in [5, 5.41) is 12.4. The first-order valence-corrected chi connectivity index (χ1v) is 10.0. The van der Waals surface area contributed by atoms with Gasteiger partial charge in [0.25, 0.3) is 5.91 Å². The number of rotatable bonds is 6. The van der Waals surface area contributed by atoms with Gasteiger partial charge in [-0.1, -0.05) is 12.1 Å². The molecular formula is C22H29N5O3. The van der Waals surface area contributed by atoms with Gasteiger partial charge in [-0.05, 0) is 63.8 Å². The van der Waals surface area contributed by atoms with E-state index in [1.54, 1.807) is 24.3 Å². The first kappa shape index (κ1) is 21.4. The predicted molar refractivity (Wildman–Crippen MR) is 119 cm³/mol. The Labute approximate surface area is 176 Å². The van der Waals surface area contributed by atoms with E-state index in [1.165, 1.54) is 4.90 Å². The molecule has 2 aromatic rings. The zero-order valence-corrected chi connectivity index (χ0v) is 17.6. The van der Waals surface area contributed by atoms with Gasteiger partial charge in [0, 0.05) is 24.3 Å². The van der Waals surface area contributed by atoms with E-state index in [4.69, 9.17) is 5.73 Å². The molecule has 4 N–H and O–H groups in total. The van der Waals surface area contributed by atoms with Crippen LogP contribution < -0.4 is 16.0 Å². The summed E-state index contributed by atoms with van der Waals surface area (Å²) in [6, 6.07) is 14.4. The van der Waals surface area contributed by atoms with E-state index in [1.807, 2.05) is 50.2 Å². The lowest BCUT2D eigenvalue weighted by Crippen LogP contribution is -2.53.